The summed E-state index contributed by atoms with van der Waals surface area (Å²) in [5.74, 6) is 0.887. The van der Waals surface area contributed by atoms with Crippen LogP contribution in [0.15, 0.2) is 66.7 Å². The van der Waals surface area contributed by atoms with Crippen molar-refractivity contribution in [2.45, 2.75) is 106 Å². The van der Waals surface area contributed by atoms with Gasteiger partial charge in [-0.2, -0.15) is 0 Å². The number of ether oxygens (including phenoxy) is 1. The average Bonchev–Trinajstić information content (AvgIpc) is 4.08. The van der Waals surface area contributed by atoms with E-state index in [-0.39, 0.29) is 23.9 Å². The third-order valence-corrected chi connectivity index (χ3v) is 16.2. The number of fused-ring (bicyclic) bond motifs is 9. The number of likely N-dealkylation sites (N-methyl/N-ethyl adjacent to an activating group) is 1. The number of benzene rings is 3. The zero-order valence-corrected chi connectivity index (χ0v) is 32.2. The van der Waals surface area contributed by atoms with Crippen molar-refractivity contribution in [1.29, 1.82) is 0 Å². The minimum absolute atomic E-state index is 0.0688. The number of amides is 2. The molecule has 10 rings (SSSR count). The molecule has 4 heterocycles. The van der Waals surface area contributed by atoms with Crippen molar-refractivity contribution in [1.82, 2.24) is 19.1 Å². The van der Waals surface area contributed by atoms with Crippen molar-refractivity contribution in [3.63, 3.8) is 0 Å². The Morgan fingerprint density at radius 2 is 1.65 bits per heavy atom. The Balaban J connectivity index is 1.09. The first-order valence-electron chi connectivity index (χ1n) is 20.1. The van der Waals surface area contributed by atoms with E-state index in [4.69, 9.17) is 4.74 Å². The highest BCUT2D eigenvalue weighted by Gasteiger charge is 2.65. The minimum atomic E-state index is -3.95. The average molecular weight is 747 g/mol. The number of likely N-dealkylation sites (tertiary alicyclic amines) is 1. The number of rotatable bonds is 8. The van der Waals surface area contributed by atoms with E-state index in [1.54, 1.807) is 13.2 Å². The molecule has 3 saturated carbocycles. The zero-order valence-electron chi connectivity index (χ0n) is 31.4. The van der Waals surface area contributed by atoms with Crippen LogP contribution < -0.4 is 9.46 Å². The first-order chi connectivity index (χ1) is 26.1. The van der Waals surface area contributed by atoms with Gasteiger partial charge < -0.3 is 19.1 Å². The van der Waals surface area contributed by atoms with Crippen molar-refractivity contribution in [3.8, 4) is 17.0 Å². The van der Waals surface area contributed by atoms with Gasteiger partial charge in [0.1, 0.15) is 5.75 Å². The molecule has 2 saturated heterocycles. The molecular weight excluding hydrogens is 697 g/mol. The van der Waals surface area contributed by atoms with Gasteiger partial charge in [-0.1, -0.05) is 55.7 Å². The number of hydrogen-bond donors (Lipinski definition) is 1. The van der Waals surface area contributed by atoms with Gasteiger partial charge in [-0.15, -0.1) is 0 Å². The van der Waals surface area contributed by atoms with E-state index in [2.05, 4.69) is 38.3 Å². The number of carbonyl (C=O) groups is 2. The molecule has 6 aliphatic rings. The Kier molecular flexibility index (Phi) is 7.91. The topological polar surface area (TPSA) is 101 Å². The van der Waals surface area contributed by atoms with Gasteiger partial charge in [0.15, 0.2) is 0 Å². The van der Waals surface area contributed by atoms with Crippen molar-refractivity contribution in [3.05, 3.63) is 89.0 Å². The summed E-state index contributed by atoms with van der Waals surface area (Å²) >= 11 is 0. The van der Waals surface area contributed by atoms with E-state index >= 15 is 4.79 Å². The van der Waals surface area contributed by atoms with Crippen LogP contribution in [0, 0.1) is 5.41 Å². The molecule has 4 unspecified atom stereocenters. The first-order valence-corrected chi connectivity index (χ1v) is 21.6. The summed E-state index contributed by atoms with van der Waals surface area (Å²) in [6.45, 7) is 2.34. The van der Waals surface area contributed by atoms with Crippen LogP contribution >= 0.6 is 0 Å². The normalized spacial score (nSPS) is 27.1. The number of hydrogen-bond acceptors (Lipinski definition) is 6. The van der Waals surface area contributed by atoms with Gasteiger partial charge in [-0.25, -0.2) is 13.1 Å². The zero-order chi connectivity index (χ0) is 37.0. The van der Waals surface area contributed by atoms with E-state index in [0.717, 1.165) is 78.7 Å². The van der Waals surface area contributed by atoms with E-state index in [1.807, 2.05) is 48.5 Å². The van der Waals surface area contributed by atoms with Crippen LogP contribution in [0.5, 0.6) is 5.75 Å². The molecule has 3 aromatic carbocycles. The fourth-order valence-electron chi connectivity index (χ4n) is 11.1. The van der Waals surface area contributed by atoms with Gasteiger partial charge >= 0.3 is 0 Å². The number of nitrogens with one attached hydrogen (secondary N) is 1. The standard InChI is InChI=1S/C44H50N4O5S/c1-46-25-31-14-15-32(26-46)48(31)42(50)44-24-37(44)36-22-33(53-2)16-18-34(36)40-39(29-11-7-4-8-12-29)35-17-13-30(21-38(35)47(40)27-44)41(49)45-54(51,52)43(19-20-43)23-28-9-5-3-6-10-28/h3,5-6,9-10,13,16-18,21-22,29,31-32,37H,4,7-8,11-12,14-15,19-20,23-27H2,1-2H3,(H,45,49). The van der Waals surface area contributed by atoms with Crippen LogP contribution in [-0.4, -0.2) is 78.7 Å². The van der Waals surface area contributed by atoms with E-state index in [9.17, 15) is 13.2 Å². The molecule has 0 radical (unpaired) electrons. The van der Waals surface area contributed by atoms with Crippen LogP contribution in [0.25, 0.3) is 22.2 Å². The molecule has 1 aromatic heterocycles. The maximum Gasteiger partial charge on any atom is 0.264 e. The van der Waals surface area contributed by atoms with Crippen LogP contribution in [0.4, 0.5) is 0 Å². The first kappa shape index (κ1) is 34.3. The Hall–Kier alpha value is -4.15. The highest BCUT2D eigenvalue weighted by molar-refractivity contribution is 7.91. The molecule has 3 aliphatic carbocycles. The van der Waals surface area contributed by atoms with Gasteiger partial charge in [-0.05, 0) is 111 Å². The second-order valence-electron chi connectivity index (χ2n) is 17.4. The maximum atomic E-state index is 15.2. The van der Waals surface area contributed by atoms with Gasteiger partial charge in [0.25, 0.3) is 5.91 Å². The van der Waals surface area contributed by atoms with Gasteiger partial charge in [0.05, 0.1) is 23.0 Å². The summed E-state index contributed by atoms with van der Waals surface area (Å²) in [6.07, 6.45) is 10.1. The molecule has 0 spiro atoms. The Morgan fingerprint density at radius 3 is 2.35 bits per heavy atom. The summed E-state index contributed by atoms with van der Waals surface area (Å²) < 4.78 is 37.4. The third-order valence-electron chi connectivity index (χ3n) is 14.1. The Bertz CT molecular complexity index is 2280. The lowest BCUT2D eigenvalue weighted by molar-refractivity contribution is -0.143. The maximum absolute atomic E-state index is 15.2. The molecule has 282 valence electrons. The van der Waals surface area contributed by atoms with E-state index in [0.29, 0.717) is 37.3 Å². The van der Waals surface area contributed by atoms with Crippen LogP contribution in [0.1, 0.15) is 103 Å². The fraction of sp³-hybridized carbons (Fsp3) is 0.500. The Labute approximate surface area is 318 Å². The Morgan fingerprint density at radius 1 is 0.907 bits per heavy atom. The molecule has 1 N–H and O–H groups in total. The third kappa shape index (κ3) is 5.29. The minimum Gasteiger partial charge on any atom is -0.497 e. The molecule has 4 aromatic rings. The van der Waals surface area contributed by atoms with Crippen molar-refractivity contribution >= 4 is 32.7 Å². The van der Waals surface area contributed by atoms with Crippen LogP contribution in [0.3, 0.4) is 0 Å². The molecule has 2 amide bonds. The lowest BCUT2D eigenvalue weighted by Crippen LogP contribution is -2.57. The van der Waals surface area contributed by atoms with E-state index < -0.39 is 26.1 Å². The summed E-state index contributed by atoms with van der Waals surface area (Å²) in [5, 5.41) is 1.10. The number of nitrogens with zero attached hydrogens (tertiary/aromatic N) is 3. The quantitative estimate of drug-likeness (QED) is 0.209. The molecule has 10 heteroatoms. The van der Waals surface area contributed by atoms with Gasteiger partial charge in [0, 0.05) is 59.7 Å². The van der Waals surface area contributed by atoms with E-state index in [1.165, 1.54) is 30.4 Å². The highest BCUT2D eigenvalue weighted by Crippen LogP contribution is 2.66. The van der Waals surface area contributed by atoms with Crippen LogP contribution in [0.2, 0.25) is 0 Å². The van der Waals surface area contributed by atoms with Crippen molar-refractivity contribution < 1.29 is 22.7 Å². The molecule has 9 nitrogen and oxygen atoms in total. The second-order valence-corrected chi connectivity index (χ2v) is 19.5. The molecule has 3 aliphatic heterocycles. The highest BCUT2D eigenvalue weighted by atomic mass is 32.2. The number of methoxy groups -OCH3 is 1. The summed E-state index contributed by atoms with van der Waals surface area (Å²) in [7, 11) is -0.0773. The lowest BCUT2D eigenvalue weighted by Gasteiger charge is -2.41. The summed E-state index contributed by atoms with van der Waals surface area (Å²) in [4.78, 5) is 33.8. The largest absolute Gasteiger partial charge is 0.497 e. The second kappa shape index (κ2) is 12.4. The smallest absolute Gasteiger partial charge is 0.264 e. The summed E-state index contributed by atoms with van der Waals surface area (Å²) in [5.41, 5.74) is 6.36. The number of piperazine rings is 1. The molecular formula is C44H50N4O5S. The van der Waals surface area contributed by atoms with Gasteiger partial charge in [0.2, 0.25) is 15.9 Å². The number of sulfonamides is 1. The summed E-state index contributed by atoms with van der Waals surface area (Å²) in [6, 6.07) is 22.2. The van der Waals surface area contributed by atoms with Gasteiger partial charge in [-0.3, -0.25) is 9.59 Å². The SMILES string of the molecule is COc1ccc2c(c1)C1CC1(C(=O)N1C3CCC1CN(C)C3)Cn1c-2c(C2CCCCC2)c2ccc(C(=O)NS(=O)(=O)C3(Cc4ccccc4)CC3)cc21. The number of carbonyl (C=O) groups excluding carboxylic acids is 2. The molecule has 4 atom stereocenters. The monoisotopic (exact) mass is 746 g/mol. The molecule has 54 heavy (non-hydrogen) atoms. The van der Waals surface area contributed by atoms with Crippen LogP contribution in [-0.2, 0) is 27.8 Å². The fourth-order valence-corrected chi connectivity index (χ4v) is 12.6. The molecule has 5 fully saturated rings. The lowest BCUT2D eigenvalue weighted by atomic mass is 9.81. The predicted molar refractivity (Wildman–Crippen MR) is 209 cm³/mol. The van der Waals surface area contributed by atoms with Crippen molar-refractivity contribution in [2.24, 2.45) is 5.41 Å². The van der Waals surface area contributed by atoms with Crippen molar-refractivity contribution in [2.75, 3.05) is 27.2 Å². The predicted octanol–water partition coefficient (Wildman–Crippen LogP) is 6.99. The number of aromatic nitrogens is 1. The molecule has 2 bridgehead atoms.